The van der Waals surface area contributed by atoms with Gasteiger partial charge in [0.1, 0.15) is 6.23 Å². The van der Waals surface area contributed by atoms with Gasteiger partial charge in [-0.3, -0.25) is 18.4 Å². The molecule has 4 unspecified atom stereocenters. The summed E-state index contributed by atoms with van der Waals surface area (Å²) in [6.45, 7) is 10.5. The van der Waals surface area contributed by atoms with E-state index in [9.17, 15) is 14.2 Å². The third-order valence-electron chi connectivity index (χ3n) is 7.59. The first-order chi connectivity index (χ1) is 22.9. The van der Waals surface area contributed by atoms with Crippen LogP contribution in [0.15, 0.2) is 36.7 Å². The summed E-state index contributed by atoms with van der Waals surface area (Å²) in [6, 6.07) is 9.48. The molecule has 0 spiro atoms. The maximum Gasteiger partial charge on any atom is 0.407 e. The van der Waals surface area contributed by atoms with Gasteiger partial charge >= 0.3 is 13.8 Å². The maximum atomic E-state index is 13.9. The van der Waals surface area contributed by atoms with Crippen LogP contribution in [0, 0.1) is 11.3 Å². The molecule has 0 saturated carbocycles. The Hall–Kier alpha value is -3.27. The maximum absolute atomic E-state index is 13.9. The summed E-state index contributed by atoms with van der Waals surface area (Å²) in [4.78, 5) is 37.4. The molecule has 17 heteroatoms. The minimum absolute atomic E-state index is 0.000423. The highest BCUT2D eigenvalue weighted by atomic mass is 32.2. The van der Waals surface area contributed by atoms with Gasteiger partial charge in [-0.15, -0.1) is 0 Å². The smallest absolute Gasteiger partial charge is 0.407 e. The molecule has 1 aromatic carbocycles. The number of fused-ring (bicyclic) bond motifs is 1. The predicted octanol–water partition coefficient (Wildman–Crippen LogP) is 5.08. The molecule has 1 saturated heterocycles. The van der Waals surface area contributed by atoms with E-state index in [1.54, 1.807) is 17.8 Å². The van der Waals surface area contributed by atoms with E-state index in [4.69, 9.17) is 29.0 Å². The Morgan fingerprint density at radius 2 is 1.94 bits per heavy atom. The van der Waals surface area contributed by atoms with Crippen molar-refractivity contribution in [1.82, 2.24) is 29.9 Å². The van der Waals surface area contributed by atoms with Gasteiger partial charge < -0.3 is 25.3 Å². The number of carbonyl (C=O) groups is 2. The quantitative estimate of drug-likeness (QED) is 0.117. The van der Waals surface area contributed by atoms with Crippen molar-refractivity contribution in [3.8, 4) is 5.88 Å². The van der Waals surface area contributed by atoms with Gasteiger partial charge in [-0.2, -0.15) is 9.97 Å². The van der Waals surface area contributed by atoms with Gasteiger partial charge in [0.15, 0.2) is 16.3 Å². The number of carbonyl (C=O) groups excluding carboxylic acids is 2. The topological polar surface area (TPSA) is 191 Å². The minimum Gasteiger partial charge on any atom is -0.476 e. The van der Waals surface area contributed by atoms with Gasteiger partial charge in [0.2, 0.25) is 11.8 Å². The van der Waals surface area contributed by atoms with Crippen molar-refractivity contribution in [2.24, 2.45) is 11.3 Å². The number of ether oxygens (including phenoxy) is 3. The fourth-order valence-corrected chi connectivity index (χ4v) is 7.33. The molecule has 4 rings (SSSR count). The summed E-state index contributed by atoms with van der Waals surface area (Å²) in [5, 5.41) is 5.52. The number of alkyl carbamates (subject to hydrolysis) is 1. The van der Waals surface area contributed by atoms with Crippen molar-refractivity contribution in [1.29, 1.82) is 0 Å². The summed E-state index contributed by atoms with van der Waals surface area (Å²) in [6.07, 6.45) is 1.33. The second kappa shape index (κ2) is 17.4. The molecule has 3 heterocycles. The zero-order chi connectivity index (χ0) is 34.7. The largest absolute Gasteiger partial charge is 0.476 e. The van der Waals surface area contributed by atoms with E-state index in [2.05, 4.69) is 25.4 Å². The first-order valence-corrected chi connectivity index (χ1v) is 18.5. The van der Waals surface area contributed by atoms with Crippen LogP contribution in [0.4, 0.5) is 10.7 Å². The monoisotopic (exact) mass is 707 g/mol. The third kappa shape index (κ3) is 10.4. The second-order valence-corrected chi connectivity index (χ2v) is 14.8. The molecule has 0 bridgehead atoms. The highest BCUT2D eigenvalue weighted by Gasteiger charge is 2.37. The molecule has 4 atom stereocenters. The summed E-state index contributed by atoms with van der Waals surface area (Å²) in [5.41, 5.74) is 7.12. The summed E-state index contributed by atoms with van der Waals surface area (Å²) >= 11 is 1.08. The number of nitrogens with zero attached hydrogens (tertiary/aromatic N) is 4. The number of imidazole rings is 1. The Labute approximate surface area is 285 Å². The minimum atomic E-state index is -3.82. The molecule has 0 radical (unpaired) electrons. The summed E-state index contributed by atoms with van der Waals surface area (Å²) in [7, 11) is -3.82. The number of hydrogen-bond donors (Lipinski definition) is 3. The number of aromatic nitrogens is 4. The fourth-order valence-electron chi connectivity index (χ4n) is 5.04. The molecule has 1 aliphatic rings. The molecule has 264 valence electrons. The van der Waals surface area contributed by atoms with Gasteiger partial charge in [0.25, 0.3) is 0 Å². The van der Waals surface area contributed by atoms with Crippen LogP contribution in [-0.4, -0.2) is 75.6 Å². The number of rotatable bonds is 18. The number of nitrogens with one attached hydrogen (secondary N) is 2. The van der Waals surface area contributed by atoms with E-state index in [1.165, 1.54) is 0 Å². The second-order valence-electron chi connectivity index (χ2n) is 11.9. The van der Waals surface area contributed by atoms with Crippen LogP contribution in [0.3, 0.4) is 0 Å². The average Bonchev–Trinajstić information content (AvgIpc) is 3.64. The number of thioether (sulfide) groups is 1. The molecule has 1 amide bonds. The molecular formula is C31H46N7O8PS. The third-order valence-corrected chi connectivity index (χ3v) is 10.3. The van der Waals surface area contributed by atoms with Crippen LogP contribution in [0.1, 0.15) is 59.3 Å². The van der Waals surface area contributed by atoms with Crippen LogP contribution >= 0.6 is 19.5 Å². The van der Waals surface area contributed by atoms with Crippen LogP contribution in [-0.2, 0) is 34.4 Å². The average molecular weight is 708 g/mol. The lowest BCUT2D eigenvalue weighted by Gasteiger charge is -2.23. The van der Waals surface area contributed by atoms with E-state index >= 15 is 0 Å². The Morgan fingerprint density at radius 3 is 2.67 bits per heavy atom. The van der Waals surface area contributed by atoms with Crippen molar-refractivity contribution in [3.05, 3.63) is 42.2 Å². The number of anilines is 1. The van der Waals surface area contributed by atoms with Gasteiger partial charge in [-0.05, 0) is 32.3 Å². The Balaban J connectivity index is 1.34. The Bertz CT molecular complexity index is 1560. The molecule has 4 N–H and O–H groups in total. The van der Waals surface area contributed by atoms with Crippen LogP contribution in [0.2, 0.25) is 0 Å². The lowest BCUT2D eigenvalue weighted by Crippen LogP contribution is -2.31. The normalized spacial score (nSPS) is 19.2. The SMILES string of the molecule is CCOC(=O)NCCC(C)(C)C(=O)SCCOP(=O)(NCc1ccccc1)OCC1CC(C)C(n2cnc3c(OCC)nc(N)nc32)O1. The van der Waals surface area contributed by atoms with Crippen molar-refractivity contribution < 1.29 is 37.4 Å². The molecule has 1 aliphatic heterocycles. The van der Waals surface area contributed by atoms with Crippen molar-refractivity contribution >= 4 is 47.8 Å². The van der Waals surface area contributed by atoms with Crippen molar-refractivity contribution in [2.45, 2.75) is 66.3 Å². The first kappa shape index (κ1) is 37.5. The number of nitrogens with two attached hydrogens (primary N) is 1. The first-order valence-electron chi connectivity index (χ1n) is 16.0. The lowest BCUT2D eigenvalue weighted by atomic mass is 9.91. The number of nitrogen functional groups attached to an aromatic ring is 1. The van der Waals surface area contributed by atoms with Crippen LogP contribution in [0.25, 0.3) is 11.2 Å². The van der Waals surface area contributed by atoms with Crippen molar-refractivity contribution in [3.63, 3.8) is 0 Å². The van der Waals surface area contributed by atoms with E-state index in [-0.39, 0.29) is 49.1 Å². The molecular weight excluding hydrogens is 661 g/mol. The van der Waals surface area contributed by atoms with Crippen LogP contribution in [0.5, 0.6) is 5.88 Å². The molecule has 2 aromatic heterocycles. The van der Waals surface area contributed by atoms with Gasteiger partial charge in [0, 0.05) is 30.2 Å². The molecule has 1 fully saturated rings. The van der Waals surface area contributed by atoms with Gasteiger partial charge in [-0.1, -0.05) is 62.9 Å². The van der Waals surface area contributed by atoms with E-state index in [0.717, 1.165) is 17.3 Å². The molecule has 15 nitrogen and oxygen atoms in total. The zero-order valence-corrected chi connectivity index (χ0v) is 29.8. The van der Waals surface area contributed by atoms with Crippen molar-refractivity contribution in [2.75, 3.05) is 44.5 Å². The zero-order valence-electron chi connectivity index (χ0n) is 28.0. The molecule has 0 aliphatic carbocycles. The molecule has 48 heavy (non-hydrogen) atoms. The Kier molecular flexibility index (Phi) is 13.6. The Morgan fingerprint density at radius 1 is 1.17 bits per heavy atom. The molecule has 3 aromatic rings. The summed E-state index contributed by atoms with van der Waals surface area (Å²) in [5.74, 6) is 0.671. The number of hydrogen-bond acceptors (Lipinski definition) is 13. The van der Waals surface area contributed by atoms with E-state index < -0.39 is 31.6 Å². The summed E-state index contributed by atoms with van der Waals surface area (Å²) < 4.78 is 44.3. The van der Waals surface area contributed by atoms with E-state index in [0.29, 0.717) is 43.0 Å². The van der Waals surface area contributed by atoms with Gasteiger partial charge in [0.05, 0.1) is 38.9 Å². The standard InChI is InChI=1S/C31H46N7O8PS/c1-6-42-26-24-25(36-29(32)37-26)38(20-34-24)27-21(3)17-23(46-27)19-45-47(41,35-18-22-11-9-8-10-12-22)44-15-16-48-28(39)31(4,5)13-14-33-30(40)43-7-2/h8-12,20-21,23,27H,6-7,13-19H2,1-5H3,(H,33,40)(H,35,41)(H2,32,36,37). The van der Waals surface area contributed by atoms with Gasteiger partial charge in [-0.25, -0.2) is 19.4 Å². The van der Waals surface area contributed by atoms with Crippen LogP contribution < -0.4 is 20.9 Å². The van der Waals surface area contributed by atoms with E-state index in [1.807, 2.05) is 58.0 Å². The number of amides is 1. The fraction of sp³-hybridized carbons (Fsp3) is 0.581. The lowest BCUT2D eigenvalue weighted by molar-refractivity contribution is -0.118. The highest BCUT2D eigenvalue weighted by Crippen LogP contribution is 2.46. The number of benzene rings is 1. The predicted molar refractivity (Wildman–Crippen MR) is 182 cm³/mol. The highest BCUT2D eigenvalue weighted by molar-refractivity contribution is 8.13.